The van der Waals surface area contributed by atoms with Gasteiger partial charge in [-0.1, -0.05) is 18.2 Å². The Kier molecular flexibility index (Phi) is 3.09. The smallest absolute Gasteiger partial charge is 0.248 e. The Balaban J connectivity index is 2.31. The van der Waals surface area contributed by atoms with Crippen LogP contribution >= 0.6 is 0 Å². The Morgan fingerprint density at radius 1 is 1.12 bits per heavy atom. The molecular formula is C12H14N4O. The molecule has 2 N–H and O–H groups in total. The summed E-state index contributed by atoms with van der Waals surface area (Å²) in [6, 6.07) is 9.38. The van der Waals surface area contributed by atoms with Crippen molar-refractivity contribution in [3.05, 3.63) is 36.7 Å². The summed E-state index contributed by atoms with van der Waals surface area (Å²) >= 11 is 0. The molecule has 1 heterocycles. The van der Waals surface area contributed by atoms with Gasteiger partial charge in [0.05, 0.1) is 0 Å². The fraction of sp³-hybridized carbons (Fsp3) is 0.167. The molecule has 1 aromatic heterocycles. The highest BCUT2D eigenvalue weighted by atomic mass is 16.5. The number of benzene rings is 1. The number of aromatic nitrogens is 2. The average Bonchev–Trinajstić information content (AvgIpc) is 2.33. The Bertz CT molecular complexity index is 499. The van der Waals surface area contributed by atoms with E-state index in [-0.39, 0.29) is 0 Å². The first-order valence-corrected chi connectivity index (χ1v) is 5.19. The fourth-order valence-electron chi connectivity index (χ4n) is 1.41. The van der Waals surface area contributed by atoms with E-state index in [2.05, 4.69) is 9.97 Å². The van der Waals surface area contributed by atoms with Crippen molar-refractivity contribution in [1.82, 2.24) is 9.97 Å². The Morgan fingerprint density at radius 3 is 2.47 bits per heavy atom. The number of anilines is 2. The van der Waals surface area contributed by atoms with Gasteiger partial charge < -0.3 is 15.4 Å². The quantitative estimate of drug-likeness (QED) is 0.872. The minimum absolute atomic E-state index is 0.370. The standard InChI is InChI=1S/C12H14N4O/c1-16(2)11-10(13)12(15-8-14-11)17-9-6-4-3-5-7-9/h3-8H,13H2,1-2H3. The summed E-state index contributed by atoms with van der Waals surface area (Å²) in [5.74, 6) is 1.71. The second-order valence-electron chi connectivity index (χ2n) is 3.73. The third kappa shape index (κ3) is 2.44. The van der Waals surface area contributed by atoms with Gasteiger partial charge in [0.1, 0.15) is 17.8 Å². The minimum Gasteiger partial charge on any atom is -0.437 e. The molecule has 5 nitrogen and oxygen atoms in total. The first kappa shape index (κ1) is 11.2. The number of nitrogen functional groups attached to an aromatic ring is 1. The fourth-order valence-corrected chi connectivity index (χ4v) is 1.41. The molecule has 17 heavy (non-hydrogen) atoms. The van der Waals surface area contributed by atoms with Crippen molar-refractivity contribution in [3.8, 4) is 11.6 Å². The van der Waals surface area contributed by atoms with Gasteiger partial charge in [0.2, 0.25) is 5.88 Å². The molecule has 2 rings (SSSR count). The van der Waals surface area contributed by atoms with Crippen LogP contribution in [0.2, 0.25) is 0 Å². The lowest BCUT2D eigenvalue weighted by molar-refractivity contribution is 0.464. The summed E-state index contributed by atoms with van der Waals surface area (Å²) in [7, 11) is 3.73. The van der Waals surface area contributed by atoms with Crippen LogP contribution in [0.25, 0.3) is 0 Å². The number of hydrogen-bond donors (Lipinski definition) is 1. The molecule has 0 radical (unpaired) electrons. The van der Waals surface area contributed by atoms with E-state index >= 15 is 0 Å². The van der Waals surface area contributed by atoms with Gasteiger partial charge >= 0.3 is 0 Å². The van der Waals surface area contributed by atoms with E-state index in [0.717, 1.165) is 0 Å². The van der Waals surface area contributed by atoms with Gasteiger partial charge in [-0.2, -0.15) is 4.98 Å². The highest BCUT2D eigenvalue weighted by molar-refractivity contribution is 5.67. The first-order chi connectivity index (χ1) is 8.18. The van der Waals surface area contributed by atoms with Crippen LogP contribution in [0.15, 0.2) is 36.7 Å². The number of ether oxygens (including phenoxy) is 1. The van der Waals surface area contributed by atoms with E-state index in [9.17, 15) is 0 Å². The lowest BCUT2D eigenvalue weighted by Crippen LogP contribution is -2.14. The van der Waals surface area contributed by atoms with Gasteiger partial charge in [-0.3, -0.25) is 0 Å². The van der Waals surface area contributed by atoms with Crippen LogP contribution in [0.5, 0.6) is 11.6 Å². The largest absolute Gasteiger partial charge is 0.437 e. The third-order valence-corrected chi connectivity index (χ3v) is 2.21. The van der Waals surface area contributed by atoms with Crippen LogP contribution in [0.1, 0.15) is 0 Å². The second-order valence-corrected chi connectivity index (χ2v) is 3.73. The van der Waals surface area contributed by atoms with Crippen molar-refractivity contribution in [2.75, 3.05) is 24.7 Å². The van der Waals surface area contributed by atoms with Crippen LogP contribution < -0.4 is 15.4 Å². The highest BCUT2D eigenvalue weighted by Gasteiger charge is 2.11. The van der Waals surface area contributed by atoms with Crippen molar-refractivity contribution in [3.63, 3.8) is 0 Å². The number of para-hydroxylation sites is 1. The maximum Gasteiger partial charge on any atom is 0.248 e. The molecule has 0 aliphatic carbocycles. The highest BCUT2D eigenvalue weighted by Crippen LogP contribution is 2.29. The second kappa shape index (κ2) is 4.69. The van der Waals surface area contributed by atoms with Crippen LogP contribution in [-0.4, -0.2) is 24.1 Å². The third-order valence-electron chi connectivity index (χ3n) is 2.21. The molecule has 2 aromatic rings. The molecule has 88 valence electrons. The van der Waals surface area contributed by atoms with Crippen LogP contribution in [0.4, 0.5) is 11.5 Å². The predicted octanol–water partition coefficient (Wildman–Crippen LogP) is 1.92. The topological polar surface area (TPSA) is 64.3 Å². The van der Waals surface area contributed by atoms with Gasteiger partial charge in [0.25, 0.3) is 0 Å². The Morgan fingerprint density at radius 2 is 1.82 bits per heavy atom. The van der Waals surface area contributed by atoms with E-state index < -0.39 is 0 Å². The van der Waals surface area contributed by atoms with Gasteiger partial charge in [-0.25, -0.2) is 4.98 Å². The lowest BCUT2D eigenvalue weighted by atomic mass is 10.3. The average molecular weight is 230 g/mol. The van der Waals surface area contributed by atoms with E-state index in [4.69, 9.17) is 10.5 Å². The molecule has 0 atom stereocenters. The van der Waals surface area contributed by atoms with Crippen molar-refractivity contribution in [1.29, 1.82) is 0 Å². The minimum atomic E-state index is 0.370. The van der Waals surface area contributed by atoms with E-state index in [0.29, 0.717) is 23.1 Å². The lowest BCUT2D eigenvalue weighted by Gasteiger charge is -2.15. The maximum atomic E-state index is 5.94. The molecule has 5 heteroatoms. The summed E-state index contributed by atoms with van der Waals surface area (Å²) in [6.45, 7) is 0. The SMILES string of the molecule is CN(C)c1ncnc(Oc2ccccc2)c1N. The Hall–Kier alpha value is -2.30. The Labute approximate surface area is 99.9 Å². The molecular weight excluding hydrogens is 216 g/mol. The summed E-state index contributed by atoms with van der Waals surface area (Å²) in [6.07, 6.45) is 1.43. The summed E-state index contributed by atoms with van der Waals surface area (Å²) in [4.78, 5) is 9.94. The zero-order valence-corrected chi connectivity index (χ0v) is 9.79. The number of hydrogen-bond acceptors (Lipinski definition) is 5. The van der Waals surface area contributed by atoms with Gasteiger partial charge in [-0.05, 0) is 12.1 Å². The molecule has 0 saturated carbocycles. The molecule has 1 aromatic carbocycles. The normalized spacial score (nSPS) is 10.0. The summed E-state index contributed by atoms with van der Waals surface area (Å²) in [5, 5.41) is 0. The first-order valence-electron chi connectivity index (χ1n) is 5.19. The van der Waals surface area contributed by atoms with Crippen LogP contribution in [0, 0.1) is 0 Å². The van der Waals surface area contributed by atoms with Crippen molar-refractivity contribution in [2.45, 2.75) is 0 Å². The van der Waals surface area contributed by atoms with E-state index in [1.807, 2.05) is 49.3 Å². The van der Waals surface area contributed by atoms with Crippen molar-refractivity contribution in [2.24, 2.45) is 0 Å². The van der Waals surface area contributed by atoms with Crippen molar-refractivity contribution >= 4 is 11.5 Å². The molecule has 0 bridgehead atoms. The summed E-state index contributed by atoms with van der Waals surface area (Å²) < 4.78 is 5.60. The zero-order valence-electron chi connectivity index (χ0n) is 9.79. The predicted molar refractivity (Wildman–Crippen MR) is 67.3 cm³/mol. The summed E-state index contributed by atoms with van der Waals surface area (Å²) in [5.41, 5.74) is 6.37. The van der Waals surface area contributed by atoms with Gasteiger partial charge in [0.15, 0.2) is 5.82 Å². The van der Waals surface area contributed by atoms with E-state index in [1.165, 1.54) is 6.33 Å². The molecule has 0 spiro atoms. The molecule has 0 saturated heterocycles. The van der Waals surface area contributed by atoms with E-state index in [1.54, 1.807) is 0 Å². The zero-order chi connectivity index (χ0) is 12.3. The number of nitrogens with zero attached hydrogens (tertiary/aromatic N) is 3. The molecule has 0 amide bonds. The molecule has 0 aliphatic heterocycles. The number of rotatable bonds is 3. The van der Waals surface area contributed by atoms with Crippen molar-refractivity contribution < 1.29 is 4.74 Å². The maximum absolute atomic E-state index is 5.94. The number of nitrogens with two attached hydrogens (primary N) is 1. The van der Waals surface area contributed by atoms with Gasteiger partial charge in [0, 0.05) is 14.1 Å². The molecule has 0 fully saturated rings. The monoisotopic (exact) mass is 230 g/mol. The van der Waals surface area contributed by atoms with Crippen LogP contribution in [-0.2, 0) is 0 Å². The van der Waals surface area contributed by atoms with Gasteiger partial charge in [-0.15, -0.1) is 0 Å². The molecule has 0 unspecified atom stereocenters. The van der Waals surface area contributed by atoms with Crippen LogP contribution in [0.3, 0.4) is 0 Å². The molecule has 0 aliphatic rings.